The van der Waals surface area contributed by atoms with E-state index in [-0.39, 0.29) is 11.6 Å². The molecule has 1 fully saturated rings. The van der Waals surface area contributed by atoms with Crippen molar-refractivity contribution >= 4 is 91.2 Å². The maximum absolute atomic E-state index is 12.4. The van der Waals surface area contributed by atoms with E-state index in [1.165, 1.54) is 23.9 Å². The summed E-state index contributed by atoms with van der Waals surface area (Å²) >= 11 is 11.0. The number of benzene rings is 2. The zero-order chi connectivity index (χ0) is 21.1. The van der Waals surface area contributed by atoms with E-state index in [1.54, 1.807) is 17.0 Å². The summed E-state index contributed by atoms with van der Waals surface area (Å²) in [6.45, 7) is 2.77. The fraction of sp³-hybridized carbons (Fsp3) is 0.158. The summed E-state index contributed by atoms with van der Waals surface area (Å²) < 4.78 is 8.35. The highest BCUT2D eigenvalue weighted by Crippen LogP contribution is 2.35. The van der Waals surface area contributed by atoms with Crippen molar-refractivity contribution in [2.75, 3.05) is 6.54 Å². The van der Waals surface area contributed by atoms with Gasteiger partial charge in [0.1, 0.15) is 16.7 Å². The molecule has 1 aliphatic heterocycles. The molecule has 2 aromatic carbocycles. The van der Waals surface area contributed by atoms with Crippen molar-refractivity contribution in [3.05, 3.63) is 69.7 Å². The summed E-state index contributed by atoms with van der Waals surface area (Å²) in [4.78, 5) is 24.9. The standard InChI is InChI=1S/C19H14I2N2O4S2/c1-2-22-18(24)16(29-19(22)28)9-12-7-14(20)17(15(21)8-12)27-10-11-3-5-13(6-4-11)23(25)26/h3-9H,2,10H2,1H3/b16-9-. The van der Waals surface area contributed by atoms with Gasteiger partial charge in [0.25, 0.3) is 11.6 Å². The SMILES string of the molecule is CCN1C(=O)/C(=C/c2cc(I)c(OCc3ccc([N+](=O)[O-])cc3)c(I)c2)SC1=S. The van der Waals surface area contributed by atoms with Crippen molar-refractivity contribution in [2.45, 2.75) is 13.5 Å². The van der Waals surface area contributed by atoms with Crippen LogP contribution in [-0.2, 0) is 11.4 Å². The highest BCUT2D eigenvalue weighted by atomic mass is 127. The van der Waals surface area contributed by atoms with Gasteiger partial charge in [-0.05, 0) is 93.6 Å². The summed E-state index contributed by atoms with van der Waals surface area (Å²) in [5.74, 6) is 0.675. The Morgan fingerprint density at radius 2 is 1.86 bits per heavy atom. The van der Waals surface area contributed by atoms with Crippen LogP contribution in [0.25, 0.3) is 6.08 Å². The number of ether oxygens (including phenoxy) is 1. The van der Waals surface area contributed by atoms with Gasteiger partial charge in [-0.3, -0.25) is 19.8 Å². The molecule has 29 heavy (non-hydrogen) atoms. The van der Waals surface area contributed by atoms with Crippen LogP contribution in [0.4, 0.5) is 5.69 Å². The van der Waals surface area contributed by atoms with Crippen molar-refractivity contribution in [3.63, 3.8) is 0 Å². The van der Waals surface area contributed by atoms with E-state index >= 15 is 0 Å². The Labute approximate surface area is 204 Å². The number of amides is 1. The predicted molar refractivity (Wildman–Crippen MR) is 135 cm³/mol. The molecule has 1 heterocycles. The van der Waals surface area contributed by atoms with Gasteiger partial charge in [-0.1, -0.05) is 24.0 Å². The van der Waals surface area contributed by atoms with Crippen molar-refractivity contribution in [1.29, 1.82) is 0 Å². The Bertz CT molecular complexity index is 1000. The number of halogens is 2. The van der Waals surface area contributed by atoms with Crippen LogP contribution in [0.3, 0.4) is 0 Å². The maximum atomic E-state index is 12.4. The molecule has 6 nitrogen and oxygen atoms in total. The minimum Gasteiger partial charge on any atom is -0.487 e. The molecule has 1 amide bonds. The summed E-state index contributed by atoms with van der Waals surface area (Å²) in [6, 6.07) is 10.2. The van der Waals surface area contributed by atoms with Gasteiger partial charge in [-0.2, -0.15) is 0 Å². The van der Waals surface area contributed by atoms with Crippen LogP contribution in [0.2, 0.25) is 0 Å². The van der Waals surface area contributed by atoms with Crippen LogP contribution in [0.15, 0.2) is 41.3 Å². The number of thiocarbonyl (C=S) groups is 1. The number of non-ortho nitro benzene ring substituents is 1. The average molecular weight is 652 g/mol. The number of thioether (sulfide) groups is 1. The minimum atomic E-state index is -0.427. The van der Waals surface area contributed by atoms with E-state index < -0.39 is 4.92 Å². The van der Waals surface area contributed by atoms with Crippen molar-refractivity contribution < 1.29 is 14.5 Å². The summed E-state index contributed by atoms with van der Waals surface area (Å²) in [7, 11) is 0. The molecule has 0 atom stereocenters. The van der Waals surface area contributed by atoms with Gasteiger partial charge in [-0.15, -0.1) is 0 Å². The lowest BCUT2D eigenvalue weighted by atomic mass is 10.2. The smallest absolute Gasteiger partial charge is 0.269 e. The highest BCUT2D eigenvalue weighted by molar-refractivity contribution is 14.1. The first kappa shape index (κ1) is 22.4. The second kappa shape index (κ2) is 9.71. The predicted octanol–water partition coefficient (Wildman–Crippen LogP) is 5.60. The lowest BCUT2D eigenvalue weighted by molar-refractivity contribution is -0.384. The summed E-state index contributed by atoms with van der Waals surface area (Å²) in [6.07, 6.45) is 1.85. The molecule has 150 valence electrons. The van der Waals surface area contributed by atoms with Crippen molar-refractivity contribution in [2.24, 2.45) is 0 Å². The van der Waals surface area contributed by atoms with Crippen LogP contribution in [0.5, 0.6) is 5.75 Å². The number of hydrogen-bond donors (Lipinski definition) is 0. The first-order valence-electron chi connectivity index (χ1n) is 8.40. The molecule has 3 rings (SSSR count). The normalized spacial score (nSPS) is 15.3. The van der Waals surface area contributed by atoms with E-state index in [2.05, 4.69) is 45.2 Å². The molecule has 0 aromatic heterocycles. The second-order valence-electron chi connectivity index (χ2n) is 5.95. The van der Waals surface area contributed by atoms with Gasteiger partial charge in [-0.25, -0.2) is 0 Å². The monoisotopic (exact) mass is 652 g/mol. The van der Waals surface area contributed by atoms with Gasteiger partial charge >= 0.3 is 0 Å². The van der Waals surface area contributed by atoms with E-state index in [0.29, 0.717) is 22.4 Å². The maximum Gasteiger partial charge on any atom is 0.269 e. The van der Waals surface area contributed by atoms with E-state index in [9.17, 15) is 14.9 Å². The molecule has 0 aliphatic carbocycles. The molecule has 0 saturated carbocycles. The molecule has 0 spiro atoms. The summed E-state index contributed by atoms with van der Waals surface area (Å²) in [5.41, 5.74) is 1.79. The Balaban J connectivity index is 1.76. The zero-order valence-electron chi connectivity index (χ0n) is 15.1. The van der Waals surface area contributed by atoms with Crippen LogP contribution in [0, 0.1) is 17.3 Å². The van der Waals surface area contributed by atoms with Gasteiger partial charge in [0.2, 0.25) is 0 Å². The van der Waals surface area contributed by atoms with Gasteiger partial charge in [0.05, 0.1) is 17.0 Å². The lowest BCUT2D eigenvalue weighted by Gasteiger charge is -2.12. The molecular formula is C19H14I2N2O4S2. The Morgan fingerprint density at radius 3 is 2.38 bits per heavy atom. The molecule has 1 saturated heterocycles. The van der Waals surface area contributed by atoms with E-state index in [0.717, 1.165) is 24.0 Å². The number of rotatable bonds is 6. The third-order valence-corrected chi connectivity index (χ3v) is 7.02. The first-order valence-corrected chi connectivity index (χ1v) is 11.8. The Morgan fingerprint density at radius 1 is 1.24 bits per heavy atom. The number of hydrogen-bond acceptors (Lipinski definition) is 6. The molecule has 0 N–H and O–H groups in total. The minimum absolute atomic E-state index is 0.0516. The molecule has 1 aliphatic rings. The number of carbonyl (C=O) groups is 1. The van der Waals surface area contributed by atoms with Crippen LogP contribution < -0.4 is 4.74 Å². The zero-order valence-corrected chi connectivity index (χ0v) is 21.0. The number of nitrogens with zero attached hydrogens (tertiary/aromatic N) is 2. The Hall–Kier alpha value is -1.25. The van der Waals surface area contributed by atoms with Gasteiger partial charge in [0.15, 0.2) is 0 Å². The van der Waals surface area contributed by atoms with E-state index in [4.69, 9.17) is 17.0 Å². The fourth-order valence-corrected chi connectivity index (χ4v) is 6.11. The van der Waals surface area contributed by atoms with Crippen LogP contribution in [0.1, 0.15) is 18.1 Å². The van der Waals surface area contributed by atoms with Gasteiger partial charge < -0.3 is 4.74 Å². The summed E-state index contributed by atoms with van der Waals surface area (Å²) in [5, 5.41) is 10.7. The quantitative estimate of drug-likeness (QED) is 0.133. The number of nitro groups is 1. The molecule has 0 radical (unpaired) electrons. The second-order valence-corrected chi connectivity index (χ2v) is 9.95. The van der Waals surface area contributed by atoms with Crippen LogP contribution >= 0.6 is 69.2 Å². The van der Waals surface area contributed by atoms with Crippen molar-refractivity contribution in [3.8, 4) is 5.75 Å². The third-order valence-electron chi connectivity index (χ3n) is 4.04. The molecule has 0 bridgehead atoms. The highest BCUT2D eigenvalue weighted by Gasteiger charge is 2.30. The lowest BCUT2D eigenvalue weighted by Crippen LogP contribution is -2.27. The largest absolute Gasteiger partial charge is 0.487 e. The van der Waals surface area contributed by atoms with Gasteiger partial charge in [0, 0.05) is 18.7 Å². The molecule has 2 aromatic rings. The first-order chi connectivity index (χ1) is 13.8. The topological polar surface area (TPSA) is 72.7 Å². The number of nitro benzene ring substituents is 1. The molecule has 0 unspecified atom stereocenters. The third kappa shape index (κ3) is 5.27. The number of likely N-dealkylation sites (N-methyl/N-ethyl adjacent to an activating group) is 1. The fourth-order valence-electron chi connectivity index (χ4n) is 2.59. The molecular weight excluding hydrogens is 638 g/mol. The average Bonchev–Trinajstić information content (AvgIpc) is 2.94. The van der Waals surface area contributed by atoms with Crippen molar-refractivity contribution in [1.82, 2.24) is 4.90 Å². The number of carbonyl (C=O) groups excluding carboxylic acids is 1. The Kier molecular flexibility index (Phi) is 7.51. The molecule has 10 heteroatoms. The van der Waals surface area contributed by atoms with E-state index in [1.807, 2.05) is 25.1 Å². The van der Waals surface area contributed by atoms with Crippen LogP contribution in [-0.4, -0.2) is 26.6 Å².